The summed E-state index contributed by atoms with van der Waals surface area (Å²) in [5.74, 6) is -0.594. The van der Waals surface area contributed by atoms with Gasteiger partial charge in [0.1, 0.15) is 0 Å². The molecule has 0 bridgehead atoms. The van der Waals surface area contributed by atoms with Crippen LogP contribution in [0.25, 0.3) is 0 Å². The number of rotatable bonds is 3. The number of imide groups is 1. The molecule has 6 nitrogen and oxygen atoms in total. The van der Waals surface area contributed by atoms with Gasteiger partial charge < -0.3 is 9.64 Å². The van der Waals surface area contributed by atoms with Gasteiger partial charge in [-0.3, -0.25) is 19.3 Å². The molecule has 6 heteroatoms. The van der Waals surface area contributed by atoms with Gasteiger partial charge in [-0.1, -0.05) is 24.3 Å². The smallest absolute Gasteiger partial charge is 0.261 e. The molecule has 28 heavy (non-hydrogen) atoms. The van der Waals surface area contributed by atoms with Gasteiger partial charge in [0.15, 0.2) is 0 Å². The molecule has 0 spiro atoms. The Bertz CT molecular complexity index is 893. The molecule has 0 unspecified atom stereocenters. The molecule has 0 aliphatic carbocycles. The van der Waals surface area contributed by atoms with E-state index in [2.05, 4.69) is 0 Å². The Kier molecular flexibility index (Phi) is 4.73. The number of benzene rings is 2. The topological polar surface area (TPSA) is 66.9 Å². The number of ether oxygens (including phenoxy) is 1. The van der Waals surface area contributed by atoms with E-state index in [1.165, 1.54) is 4.90 Å². The molecule has 0 saturated carbocycles. The average Bonchev–Trinajstić information content (AvgIpc) is 2.92. The zero-order valence-corrected chi connectivity index (χ0v) is 15.9. The SMILES string of the molecule is C[C@H]1CN(C(=O)c2ccc(CN3C(=O)c4ccccc4C3=O)cc2)C[C@H](C)O1. The second-order valence-corrected chi connectivity index (χ2v) is 7.41. The van der Waals surface area contributed by atoms with Crippen molar-refractivity contribution >= 4 is 17.7 Å². The summed E-state index contributed by atoms with van der Waals surface area (Å²) in [7, 11) is 0. The van der Waals surface area contributed by atoms with Crippen molar-refractivity contribution in [1.82, 2.24) is 9.80 Å². The fourth-order valence-corrected chi connectivity index (χ4v) is 3.84. The van der Waals surface area contributed by atoms with E-state index in [1.54, 1.807) is 53.4 Å². The molecule has 2 aromatic rings. The Labute approximate surface area is 163 Å². The number of carbonyl (C=O) groups is 3. The quantitative estimate of drug-likeness (QED) is 0.771. The maximum Gasteiger partial charge on any atom is 0.261 e. The molecule has 1 fully saturated rings. The highest BCUT2D eigenvalue weighted by molar-refractivity contribution is 6.21. The summed E-state index contributed by atoms with van der Waals surface area (Å²) in [4.78, 5) is 40.8. The zero-order valence-electron chi connectivity index (χ0n) is 15.9. The van der Waals surface area contributed by atoms with Crippen molar-refractivity contribution in [3.8, 4) is 0 Å². The standard InChI is InChI=1S/C22H22N2O4/c1-14-11-23(12-15(2)28-14)20(25)17-9-7-16(8-10-17)13-24-21(26)18-5-3-4-6-19(18)22(24)27/h3-10,14-15H,11-13H2,1-2H3/t14-,15-/m0/s1. The van der Waals surface area contributed by atoms with E-state index in [0.29, 0.717) is 29.8 Å². The minimum absolute atomic E-state index is 0.0146. The van der Waals surface area contributed by atoms with Gasteiger partial charge in [0.25, 0.3) is 17.7 Å². The highest BCUT2D eigenvalue weighted by atomic mass is 16.5. The van der Waals surface area contributed by atoms with Gasteiger partial charge >= 0.3 is 0 Å². The molecule has 144 valence electrons. The van der Waals surface area contributed by atoms with E-state index in [9.17, 15) is 14.4 Å². The van der Waals surface area contributed by atoms with Crippen molar-refractivity contribution in [2.45, 2.75) is 32.6 Å². The van der Waals surface area contributed by atoms with Crippen LogP contribution in [0.2, 0.25) is 0 Å². The molecule has 3 amide bonds. The first-order valence-electron chi connectivity index (χ1n) is 9.43. The lowest BCUT2D eigenvalue weighted by Crippen LogP contribution is -2.48. The number of nitrogens with zero attached hydrogens (tertiary/aromatic N) is 2. The van der Waals surface area contributed by atoms with Gasteiger partial charge in [-0.05, 0) is 43.7 Å². The van der Waals surface area contributed by atoms with E-state index >= 15 is 0 Å². The summed E-state index contributed by atoms with van der Waals surface area (Å²) in [6.45, 7) is 5.24. The van der Waals surface area contributed by atoms with E-state index < -0.39 is 0 Å². The summed E-state index contributed by atoms with van der Waals surface area (Å²) in [5, 5.41) is 0. The van der Waals surface area contributed by atoms with Crippen molar-refractivity contribution in [3.05, 3.63) is 70.8 Å². The van der Waals surface area contributed by atoms with Crippen LogP contribution in [0.15, 0.2) is 48.5 Å². The average molecular weight is 378 g/mol. The van der Waals surface area contributed by atoms with Crippen LogP contribution in [-0.4, -0.2) is 52.8 Å². The lowest BCUT2D eigenvalue weighted by Gasteiger charge is -2.35. The molecule has 1 saturated heterocycles. The second kappa shape index (κ2) is 7.20. The molecule has 2 aliphatic heterocycles. The number of carbonyl (C=O) groups excluding carboxylic acids is 3. The summed E-state index contributed by atoms with van der Waals surface area (Å²) in [6, 6.07) is 13.9. The summed E-state index contributed by atoms with van der Waals surface area (Å²) in [6.07, 6.45) is 0.0293. The van der Waals surface area contributed by atoms with E-state index in [1.807, 2.05) is 13.8 Å². The van der Waals surface area contributed by atoms with Crippen LogP contribution in [0.3, 0.4) is 0 Å². The number of fused-ring (bicyclic) bond motifs is 1. The first-order chi connectivity index (χ1) is 13.4. The molecule has 0 aromatic heterocycles. The Balaban J connectivity index is 1.46. The third-order valence-electron chi connectivity index (χ3n) is 5.13. The highest BCUT2D eigenvalue weighted by Gasteiger charge is 2.35. The minimum atomic E-state index is -0.281. The zero-order chi connectivity index (χ0) is 19.8. The van der Waals surface area contributed by atoms with Gasteiger partial charge in [0.2, 0.25) is 0 Å². The molecule has 4 rings (SSSR count). The number of amides is 3. The predicted octanol–water partition coefficient (Wildman–Crippen LogP) is 2.73. The first kappa shape index (κ1) is 18.4. The maximum absolute atomic E-state index is 12.8. The van der Waals surface area contributed by atoms with Crippen molar-refractivity contribution in [2.24, 2.45) is 0 Å². The summed E-state index contributed by atoms with van der Waals surface area (Å²) in [5.41, 5.74) is 2.27. The fourth-order valence-electron chi connectivity index (χ4n) is 3.84. The van der Waals surface area contributed by atoms with Crippen molar-refractivity contribution < 1.29 is 19.1 Å². The Hall–Kier alpha value is -2.99. The van der Waals surface area contributed by atoms with Crippen molar-refractivity contribution in [2.75, 3.05) is 13.1 Å². The molecule has 2 aliphatic rings. The van der Waals surface area contributed by atoms with Crippen LogP contribution in [0.5, 0.6) is 0 Å². The van der Waals surface area contributed by atoms with Crippen LogP contribution in [0, 0.1) is 0 Å². The number of morpholine rings is 1. The van der Waals surface area contributed by atoms with Crippen LogP contribution in [0.4, 0.5) is 0 Å². The van der Waals surface area contributed by atoms with Crippen molar-refractivity contribution in [1.29, 1.82) is 0 Å². The minimum Gasteiger partial charge on any atom is -0.372 e. The second-order valence-electron chi connectivity index (χ2n) is 7.41. The van der Waals surface area contributed by atoms with E-state index in [4.69, 9.17) is 4.74 Å². The molecule has 2 aromatic carbocycles. The maximum atomic E-state index is 12.8. The largest absolute Gasteiger partial charge is 0.372 e. The molecule has 2 heterocycles. The number of hydrogen-bond donors (Lipinski definition) is 0. The third-order valence-corrected chi connectivity index (χ3v) is 5.13. The van der Waals surface area contributed by atoms with E-state index in [0.717, 1.165) is 5.56 Å². The summed E-state index contributed by atoms with van der Waals surface area (Å²) >= 11 is 0. The lowest BCUT2D eigenvalue weighted by molar-refractivity contribution is -0.0586. The third kappa shape index (κ3) is 3.31. The van der Waals surface area contributed by atoms with Gasteiger partial charge in [-0.25, -0.2) is 0 Å². The molecule has 0 radical (unpaired) electrons. The van der Waals surface area contributed by atoms with Crippen LogP contribution < -0.4 is 0 Å². The van der Waals surface area contributed by atoms with Gasteiger partial charge in [0.05, 0.1) is 29.9 Å². The lowest BCUT2D eigenvalue weighted by atomic mass is 10.1. The Morgan fingerprint density at radius 2 is 1.46 bits per heavy atom. The van der Waals surface area contributed by atoms with Crippen LogP contribution in [-0.2, 0) is 11.3 Å². The Morgan fingerprint density at radius 1 is 0.929 bits per heavy atom. The van der Waals surface area contributed by atoms with Crippen LogP contribution in [0.1, 0.15) is 50.5 Å². The predicted molar refractivity (Wildman–Crippen MR) is 103 cm³/mol. The first-order valence-corrected chi connectivity index (χ1v) is 9.43. The normalized spacial score (nSPS) is 21.8. The fraction of sp³-hybridized carbons (Fsp3) is 0.318. The Morgan fingerprint density at radius 3 is 2.00 bits per heavy atom. The van der Waals surface area contributed by atoms with Gasteiger partial charge in [-0.2, -0.15) is 0 Å². The van der Waals surface area contributed by atoms with Gasteiger partial charge in [0, 0.05) is 18.7 Å². The molecular weight excluding hydrogens is 356 g/mol. The number of hydrogen-bond acceptors (Lipinski definition) is 4. The summed E-state index contributed by atoms with van der Waals surface area (Å²) < 4.78 is 5.68. The molecular formula is C22H22N2O4. The highest BCUT2D eigenvalue weighted by Crippen LogP contribution is 2.24. The van der Waals surface area contributed by atoms with Gasteiger partial charge in [-0.15, -0.1) is 0 Å². The van der Waals surface area contributed by atoms with E-state index in [-0.39, 0.29) is 36.5 Å². The molecule has 0 N–H and O–H groups in total. The molecule has 2 atom stereocenters. The van der Waals surface area contributed by atoms with Crippen LogP contribution >= 0.6 is 0 Å². The van der Waals surface area contributed by atoms with Crippen molar-refractivity contribution in [3.63, 3.8) is 0 Å². The monoisotopic (exact) mass is 378 g/mol.